The van der Waals surface area contributed by atoms with Crippen LogP contribution in [0.15, 0.2) is 18.2 Å². The summed E-state index contributed by atoms with van der Waals surface area (Å²) in [4.78, 5) is 23.5. The van der Waals surface area contributed by atoms with Gasteiger partial charge in [-0.25, -0.2) is 4.79 Å². The minimum atomic E-state index is -0.711. The van der Waals surface area contributed by atoms with Gasteiger partial charge in [0.25, 0.3) is 5.91 Å². The summed E-state index contributed by atoms with van der Waals surface area (Å²) in [6.07, 6.45) is 0.768. The van der Waals surface area contributed by atoms with Crippen molar-refractivity contribution in [1.82, 2.24) is 5.32 Å². The number of carbonyl (C=O) groups excluding carboxylic acids is 2. The summed E-state index contributed by atoms with van der Waals surface area (Å²) in [7, 11) is 0. The summed E-state index contributed by atoms with van der Waals surface area (Å²) >= 11 is 5.89. The molecular formula is C14H19ClN2O3. The van der Waals surface area contributed by atoms with Gasteiger partial charge < -0.3 is 15.8 Å². The zero-order valence-corrected chi connectivity index (χ0v) is 12.6. The van der Waals surface area contributed by atoms with E-state index in [-0.39, 0.29) is 34.3 Å². The molecule has 20 heavy (non-hydrogen) atoms. The van der Waals surface area contributed by atoms with Crippen molar-refractivity contribution in [3.8, 4) is 0 Å². The van der Waals surface area contributed by atoms with E-state index in [4.69, 9.17) is 22.1 Å². The number of esters is 1. The van der Waals surface area contributed by atoms with Gasteiger partial charge in [0.2, 0.25) is 0 Å². The van der Waals surface area contributed by atoms with Crippen molar-refractivity contribution in [3.05, 3.63) is 28.8 Å². The lowest BCUT2D eigenvalue weighted by Crippen LogP contribution is -2.44. The molecule has 1 aromatic carbocycles. The normalized spacial score (nSPS) is 11.0. The van der Waals surface area contributed by atoms with Crippen LogP contribution in [-0.2, 0) is 9.53 Å². The molecule has 110 valence electrons. The van der Waals surface area contributed by atoms with Crippen LogP contribution in [0.3, 0.4) is 0 Å². The average Bonchev–Trinajstić information content (AvgIpc) is 2.35. The molecule has 0 bridgehead atoms. The second-order valence-electron chi connectivity index (χ2n) is 5.07. The maximum absolute atomic E-state index is 11.9. The van der Waals surface area contributed by atoms with Crippen LogP contribution in [-0.4, -0.2) is 24.0 Å². The number of hydrogen-bond donors (Lipinski definition) is 2. The molecule has 0 aliphatic heterocycles. The van der Waals surface area contributed by atoms with E-state index in [1.54, 1.807) is 12.1 Å². The van der Waals surface area contributed by atoms with E-state index in [2.05, 4.69) is 5.32 Å². The van der Waals surface area contributed by atoms with Gasteiger partial charge in [0.05, 0.1) is 5.02 Å². The lowest BCUT2D eigenvalue weighted by Gasteiger charge is -2.24. The number of anilines is 1. The molecule has 0 aliphatic rings. The molecule has 3 N–H and O–H groups in total. The number of nitrogen functional groups attached to an aromatic ring is 1. The molecule has 0 saturated carbocycles. The number of rotatable bonds is 5. The number of hydrogen-bond acceptors (Lipinski definition) is 4. The minimum absolute atomic E-state index is 0.0803. The molecule has 0 spiro atoms. The first kappa shape index (κ1) is 16.3. The third-order valence-electron chi connectivity index (χ3n) is 2.95. The van der Waals surface area contributed by atoms with Crippen LogP contribution >= 0.6 is 11.6 Å². The highest BCUT2D eigenvalue weighted by Gasteiger charge is 2.20. The molecule has 1 rings (SSSR count). The van der Waals surface area contributed by atoms with Crippen LogP contribution in [0.25, 0.3) is 0 Å². The molecular weight excluding hydrogens is 280 g/mol. The highest BCUT2D eigenvalue weighted by Crippen LogP contribution is 2.22. The molecule has 0 atom stereocenters. The Morgan fingerprint density at radius 2 is 2.05 bits per heavy atom. The summed E-state index contributed by atoms with van der Waals surface area (Å²) in [6, 6.07) is 4.71. The fourth-order valence-corrected chi connectivity index (χ4v) is 1.72. The van der Waals surface area contributed by atoms with Crippen LogP contribution < -0.4 is 11.1 Å². The molecule has 0 saturated heterocycles. The molecule has 1 amide bonds. The summed E-state index contributed by atoms with van der Waals surface area (Å²) in [5, 5.41) is 2.96. The number of benzene rings is 1. The fourth-order valence-electron chi connectivity index (χ4n) is 1.46. The molecule has 6 heteroatoms. The number of amides is 1. The second kappa shape index (κ2) is 6.61. The van der Waals surface area contributed by atoms with Crippen LogP contribution in [0, 0.1) is 0 Å². The Bertz CT molecular complexity index is 495. The van der Waals surface area contributed by atoms with E-state index in [0.717, 1.165) is 6.42 Å². The van der Waals surface area contributed by atoms with E-state index < -0.39 is 5.97 Å². The fraction of sp³-hybridized carbons (Fsp3) is 0.429. The van der Waals surface area contributed by atoms with Crippen molar-refractivity contribution < 1.29 is 14.3 Å². The lowest BCUT2D eigenvalue weighted by atomic mass is 10.0. The first-order chi connectivity index (χ1) is 9.26. The van der Waals surface area contributed by atoms with Gasteiger partial charge in [0.1, 0.15) is 5.56 Å². The Balaban J connectivity index is 2.62. The largest absolute Gasteiger partial charge is 0.452 e. The molecule has 5 nitrogen and oxygen atoms in total. The third-order valence-corrected chi connectivity index (χ3v) is 3.26. The van der Waals surface area contributed by atoms with Gasteiger partial charge in [0, 0.05) is 11.2 Å². The first-order valence-electron chi connectivity index (χ1n) is 6.29. The predicted octanol–water partition coefficient (Wildman–Crippen LogP) is 2.38. The zero-order valence-electron chi connectivity index (χ0n) is 11.8. The number of halogens is 1. The number of ether oxygens (including phenoxy) is 1. The van der Waals surface area contributed by atoms with Gasteiger partial charge in [-0.3, -0.25) is 4.79 Å². The molecule has 0 aliphatic carbocycles. The van der Waals surface area contributed by atoms with E-state index in [0.29, 0.717) is 0 Å². The van der Waals surface area contributed by atoms with Crippen molar-refractivity contribution in [2.24, 2.45) is 0 Å². The zero-order chi connectivity index (χ0) is 15.3. The minimum Gasteiger partial charge on any atom is -0.452 e. The van der Waals surface area contributed by atoms with E-state index in [1.807, 2.05) is 20.8 Å². The average molecular weight is 299 g/mol. The van der Waals surface area contributed by atoms with Crippen molar-refractivity contribution in [2.75, 3.05) is 12.3 Å². The SMILES string of the molecule is CCC(C)(C)NC(=O)COC(=O)c1c(N)cccc1Cl. The molecule has 0 aromatic heterocycles. The number of carbonyl (C=O) groups is 2. The highest BCUT2D eigenvalue weighted by atomic mass is 35.5. The molecule has 0 fully saturated rings. The second-order valence-corrected chi connectivity index (χ2v) is 5.47. The van der Waals surface area contributed by atoms with Gasteiger partial charge in [-0.05, 0) is 32.4 Å². The summed E-state index contributed by atoms with van der Waals surface area (Å²) in [5.74, 6) is -1.08. The van der Waals surface area contributed by atoms with Gasteiger partial charge in [-0.1, -0.05) is 24.6 Å². The van der Waals surface area contributed by atoms with Gasteiger partial charge >= 0.3 is 5.97 Å². The third kappa shape index (κ3) is 4.42. The Hall–Kier alpha value is -1.75. The maximum atomic E-state index is 11.9. The van der Waals surface area contributed by atoms with Crippen LogP contribution in [0.4, 0.5) is 5.69 Å². The van der Waals surface area contributed by atoms with Crippen molar-refractivity contribution in [2.45, 2.75) is 32.7 Å². The van der Waals surface area contributed by atoms with Gasteiger partial charge in [-0.15, -0.1) is 0 Å². The van der Waals surface area contributed by atoms with Crippen LogP contribution in [0.5, 0.6) is 0 Å². The molecule has 0 heterocycles. The number of nitrogens with one attached hydrogen (secondary N) is 1. The van der Waals surface area contributed by atoms with Gasteiger partial charge in [0.15, 0.2) is 6.61 Å². The van der Waals surface area contributed by atoms with Crippen LogP contribution in [0.2, 0.25) is 5.02 Å². The Morgan fingerprint density at radius 3 is 2.60 bits per heavy atom. The smallest absolute Gasteiger partial charge is 0.342 e. The Kier molecular flexibility index (Phi) is 5.39. The topological polar surface area (TPSA) is 81.4 Å². The van der Waals surface area contributed by atoms with E-state index in [1.165, 1.54) is 6.07 Å². The standard InChI is InChI=1S/C14H19ClN2O3/c1-4-14(2,3)17-11(18)8-20-13(19)12-9(15)6-5-7-10(12)16/h5-7H,4,8,16H2,1-3H3,(H,17,18). The Morgan fingerprint density at radius 1 is 1.40 bits per heavy atom. The van der Waals surface area contributed by atoms with Crippen molar-refractivity contribution in [1.29, 1.82) is 0 Å². The van der Waals surface area contributed by atoms with Crippen molar-refractivity contribution >= 4 is 29.2 Å². The number of nitrogens with two attached hydrogens (primary N) is 1. The van der Waals surface area contributed by atoms with Crippen LogP contribution in [0.1, 0.15) is 37.6 Å². The van der Waals surface area contributed by atoms with E-state index in [9.17, 15) is 9.59 Å². The molecule has 0 unspecified atom stereocenters. The molecule has 1 aromatic rings. The van der Waals surface area contributed by atoms with Gasteiger partial charge in [-0.2, -0.15) is 0 Å². The highest BCUT2D eigenvalue weighted by molar-refractivity contribution is 6.34. The molecule has 0 radical (unpaired) electrons. The summed E-state index contributed by atoms with van der Waals surface area (Å²) < 4.78 is 4.93. The Labute approximate surface area is 123 Å². The van der Waals surface area contributed by atoms with Crippen molar-refractivity contribution in [3.63, 3.8) is 0 Å². The first-order valence-corrected chi connectivity index (χ1v) is 6.66. The lowest BCUT2D eigenvalue weighted by molar-refractivity contribution is -0.125. The summed E-state index contributed by atoms with van der Waals surface area (Å²) in [6.45, 7) is 5.36. The van der Waals surface area contributed by atoms with E-state index >= 15 is 0 Å². The quantitative estimate of drug-likeness (QED) is 0.646. The summed E-state index contributed by atoms with van der Waals surface area (Å²) in [5.41, 5.74) is 5.63. The monoisotopic (exact) mass is 298 g/mol. The predicted molar refractivity (Wildman–Crippen MR) is 78.7 cm³/mol. The maximum Gasteiger partial charge on any atom is 0.342 e.